The normalized spacial score (nSPS) is 11.1. The zero-order chi connectivity index (χ0) is 12.9. The van der Waals surface area contributed by atoms with E-state index in [1.807, 2.05) is 13.8 Å². The molecule has 17 heavy (non-hydrogen) atoms. The van der Waals surface area contributed by atoms with Crippen molar-refractivity contribution in [3.63, 3.8) is 0 Å². The number of methoxy groups -OCH3 is 1. The summed E-state index contributed by atoms with van der Waals surface area (Å²) < 4.78 is 4.52. The Labute approximate surface area is 100 Å². The monoisotopic (exact) mass is 239 g/mol. The summed E-state index contributed by atoms with van der Waals surface area (Å²) in [6.45, 7) is 3.98. The van der Waals surface area contributed by atoms with E-state index in [2.05, 4.69) is 20.0 Å². The Balaban J connectivity index is 2.71. The number of nitrogens with zero attached hydrogens (tertiary/aromatic N) is 2. The second-order valence-electron chi connectivity index (χ2n) is 4.26. The van der Waals surface area contributed by atoms with Gasteiger partial charge in [0.25, 0.3) is 0 Å². The number of esters is 1. The summed E-state index contributed by atoms with van der Waals surface area (Å²) in [4.78, 5) is 19.1. The lowest BCUT2D eigenvalue weighted by Crippen LogP contribution is -2.32. The van der Waals surface area contributed by atoms with E-state index < -0.39 is 5.97 Å². The molecule has 0 spiro atoms. The van der Waals surface area contributed by atoms with Gasteiger partial charge in [-0.15, -0.1) is 0 Å². The molecule has 0 unspecified atom stereocenters. The van der Waals surface area contributed by atoms with Crippen molar-refractivity contribution in [2.24, 2.45) is 0 Å². The molecule has 1 aromatic rings. The Morgan fingerprint density at radius 3 is 2.65 bits per heavy atom. The van der Waals surface area contributed by atoms with Crippen LogP contribution < -0.4 is 5.32 Å². The first kappa shape index (κ1) is 13.4. The standard InChI is InChI=1S/C11H17N3O3/c1-11(2,4-5-15)14-9-7-12-8(6-13-9)10(16)17-3/h6-7,15H,4-5H2,1-3H3,(H,13,14). The lowest BCUT2D eigenvalue weighted by Gasteiger charge is -2.25. The summed E-state index contributed by atoms with van der Waals surface area (Å²) in [5.74, 6) is 0.0368. The lowest BCUT2D eigenvalue weighted by atomic mass is 10.0. The second-order valence-corrected chi connectivity index (χ2v) is 4.26. The molecular weight excluding hydrogens is 222 g/mol. The van der Waals surface area contributed by atoms with E-state index in [1.165, 1.54) is 19.5 Å². The van der Waals surface area contributed by atoms with Gasteiger partial charge in [-0.3, -0.25) is 0 Å². The van der Waals surface area contributed by atoms with Crippen LogP contribution in [-0.2, 0) is 4.74 Å². The molecule has 0 atom stereocenters. The van der Waals surface area contributed by atoms with Crippen LogP contribution in [-0.4, -0.2) is 40.3 Å². The highest BCUT2D eigenvalue weighted by Gasteiger charge is 2.17. The highest BCUT2D eigenvalue weighted by atomic mass is 16.5. The number of carbonyl (C=O) groups is 1. The molecule has 0 amide bonds. The number of hydrogen-bond donors (Lipinski definition) is 2. The third-order valence-electron chi connectivity index (χ3n) is 2.25. The van der Waals surface area contributed by atoms with Crippen molar-refractivity contribution in [1.82, 2.24) is 9.97 Å². The molecule has 2 N–H and O–H groups in total. The highest BCUT2D eigenvalue weighted by Crippen LogP contribution is 2.15. The van der Waals surface area contributed by atoms with E-state index in [0.717, 1.165) is 0 Å². The van der Waals surface area contributed by atoms with Crippen LogP contribution in [0, 0.1) is 0 Å². The minimum absolute atomic E-state index is 0.0909. The third-order valence-corrected chi connectivity index (χ3v) is 2.25. The fraction of sp³-hybridized carbons (Fsp3) is 0.545. The van der Waals surface area contributed by atoms with Gasteiger partial charge >= 0.3 is 5.97 Å². The minimum atomic E-state index is -0.515. The molecule has 0 fully saturated rings. The predicted molar refractivity (Wildman–Crippen MR) is 62.8 cm³/mol. The third kappa shape index (κ3) is 3.99. The Kier molecular flexibility index (Phi) is 4.39. The van der Waals surface area contributed by atoms with E-state index in [9.17, 15) is 4.79 Å². The number of aliphatic hydroxyl groups is 1. The van der Waals surface area contributed by atoms with Gasteiger partial charge in [-0.1, -0.05) is 0 Å². The van der Waals surface area contributed by atoms with Gasteiger partial charge in [-0.25, -0.2) is 14.8 Å². The highest BCUT2D eigenvalue weighted by molar-refractivity contribution is 5.86. The fourth-order valence-corrected chi connectivity index (χ4v) is 1.29. The molecule has 0 bridgehead atoms. The van der Waals surface area contributed by atoms with E-state index in [-0.39, 0.29) is 17.8 Å². The van der Waals surface area contributed by atoms with Gasteiger partial charge < -0.3 is 15.2 Å². The Morgan fingerprint density at radius 1 is 1.47 bits per heavy atom. The molecule has 1 rings (SSSR count). The number of anilines is 1. The van der Waals surface area contributed by atoms with Crippen LogP contribution in [0.1, 0.15) is 30.8 Å². The maximum atomic E-state index is 11.1. The average Bonchev–Trinajstić information content (AvgIpc) is 2.28. The molecular formula is C11H17N3O3. The number of rotatable bonds is 5. The van der Waals surface area contributed by atoms with Crippen LogP contribution in [0.4, 0.5) is 5.82 Å². The molecule has 0 aliphatic rings. The summed E-state index contributed by atoms with van der Waals surface area (Å²) in [6.07, 6.45) is 3.40. The van der Waals surface area contributed by atoms with Crippen molar-refractivity contribution in [2.75, 3.05) is 19.0 Å². The van der Waals surface area contributed by atoms with Crippen molar-refractivity contribution in [3.8, 4) is 0 Å². The molecule has 0 saturated carbocycles. The Hall–Kier alpha value is -1.69. The molecule has 0 aliphatic heterocycles. The second kappa shape index (κ2) is 5.58. The van der Waals surface area contributed by atoms with Gasteiger partial charge in [0.05, 0.1) is 19.5 Å². The summed E-state index contributed by atoms with van der Waals surface area (Å²) >= 11 is 0. The molecule has 0 aliphatic carbocycles. The quantitative estimate of drug-likeness (QED) is 0.740. The zero-order valence-corrected chi connectivity index (χ0v) is 10.2. The van der Waals surface area contributed by atoms with Crippen LogP contribution in [0.5, 0.6) is 0 Å². The van der Waals surface area contributed by atoms with E-state index in [0.29, 0.717) is 12.2 Å². The van der Waals surface area contributed by atoms with Gasteiger partial charge in [-0.2, -0.15) is 0 Å². The first-order chi connectivity index (χ1) is 7.98. The number of aromatic nitrogens is 2. The van der Waals surface area contributed by atoms with Gasteiger partial charge in [0, 0.05) is 12.1 Å². The molecule has 0 radical (unpaired) electrons. The van der Waals surface area contributed by atoms with Crippen LogP contribution in [0.25, 0.3) is 0 Å². The largest absolute Gasteiger partial charge is 0.464 e. The van der Waals surface area contributed by atoms with Crippen LogP contribution in [0.2, 0.25) is 0 Å². The molecule has 6 nitrogen and oxygen atoms in total. The van der Waals surface area contributed by atoms with Crippen molar-refractivity contribution >= 4 is 11.8 Å². The van der Waals surface area contributed by atoms with Gasteiger partial charge in [0.2, 0.25) is 0 Å². The number of hydrogen-bond acceptors (Lipinski definition) is 6. The maximum Gasteiger partial charge on any atom is 0.358 e. The molecule has 0 aromatic carbocycles. The first-order valence-corrected chi connectivity index (χ1v) is 5.28. The van der Waals surface area contributed by atoms with E-state index >= 15 is 0 Å². The Bertz CT molecular complexity index is 376. The van der Waals surface area contributed by atoms with Crippen molar-refractivity contribution in [2.45, 2.75) is 25.8 Å². The first-order valence-electron chi connectivity index (χ1n) is 5.28. The Morgan fingerprint density at radius 2 is 2.18 bits per heavy atom. The SMILES string of the molecule is COC(=O)c1cnc(NC(C)(C)CCO)cn1. The minimum Gasteiger partial charge on any atom is -0.464 e. The van der Waals surface area contributed by atoms with Crippen LogP contribution >= 0.6 is 0 Å². The number of ether oxygens (including phenoxy) is 1. The van der Waals surface area contributed by atoms with Crippen LogP contribution in [0.3, 0.4) is 0 Å². The predicted octanol–water partition coefficient (Wildman–Crippen LogP) is 0.836. The van der Waals surface area contributed by atoms with Gasteiger partial charge in [-0.05, 0) is 20.3 Å². The summed E-state index contributed by atoms with van der Waals surface area (Å²) in [7, 11) is 1.29. The summed E-state index contributed by atoms with van der Waals surface area (Å²) in [6, 6.07) is 0. The van der Waals surface area contributed by atoms with Gasteiger partial charge in [0.1, 0.15) is 5.82 Å². The number of carbonyl (C=O) groups excluding carboxylic acids is 1. The van der Waals surface area contributed by atoms with Crippen LogP contribution in [0.15, 0.2) is 12.4 Å². The van der Waals surface area contributed by atoms with Crippen molar-refractivity contribution < 1.29 is 14.6 Å². The van der Waals surface area contributed by atoms with E-state index in [4.69, 9.17) is 5.11 Å². The molecule has 1 heterocycles. The summed E-state index contributed by atoms with van der Waals surface area (Å²) in [5, 5.41) is 12.0. The van der Waals surface area contributed by atoms with E-state index in [1.54, 1.807) is 0 Å². The zero-order valence-electron chi connectivity index (χ0n) is 10.2. The lowest BCUT2D eigenvalue weighted by molar-refractivity contribution is 0.0593. The van der Waals surface area contributed by atoms with Gasteiger partial charge in [0.15, 0.2) is 5.69 Å². The topological polar surface area (TPSA) is 84.3 Å². The number of nitrogens with one attached hydrogen (secondary N) is 1. The maximum absolute atomic E-state index is 11.1. The molecule has 94 valence electrons. The smallest absolute Gasteiger partial charge is 0.358 e. The molecule has 1 aromatic heterocycles. The number of aliphatic hydroxyl groups excluding tert-OH is 1. The summed E-state index contributed by atoms with van der Waals surface area (Å²) in [5.41, 5.74) is -0.117. The fourth-order valence-electron chi connectivity index (χ4n) is 1.29. The van der Waals surface area contributed by atoms with Crippen molar-refractivity contribution in [3.05, 3.63) is 18.1 Å². The van der Waals surface area contributed by atoms with Crippen molar-refractivity contribution in [1.29, 1.82) is 0 Å². The average molecular weight is 239 g/mol. The molecule has 0 saturated heterocycles. The molecule has 6 heteroatoms.